The second-order valence-electron chi connectivity index (χ2n) is 8.09. The number of nitrogens with zero attached hydrogens (tertiary/aromatic N) is 3. The van der Waals surface area contributed by atoms with Crippen LogP contribution in [0.25, 0.3) is 10.2 Å². The van der Waals surface area contributed by atoms with Crippen LogP contribution >= 0.6 is 11.3 Å². The van der Waals surface area contributed by atoms with E-state index in [4.69, 9.17) is 4.98 Å². The molecule has 2 amide bonds. The first-order valence-corrected chi connectivity index (χ1v) is 11.3. The van der Waals surface area contributed by atoms with E-state index in [-0.39, 0.29) is 24.3 Å². The van der Waals surface area contributed by atoms with Crippen LogP contribution in [0.5, 0.6) is 0 Å². The molecule has 3 aromatic rings. The average Bonchev–Trinajstić information content (AvgIpc) is 3.21. The molecule has 0 bridgehead atoms. The molecule has 0 aliphatic carbocycles. The number of anilines is 1. The number of carbonyl (C=O) groups is 2. The maximum Gasteiger partial charge on any atom is 0.230 e. The molecule has 2 aromatic carbocycles. The van der Waals surface area contributed by atoms with E-state index in [1.54, 1.807) is 17.4 Å². The third-order valence-electron chi connectivity index (χ3n) is 6.19. The van der Waals surface area contributed by atoms with Crippen LogP contribution in [0.2, 0.25) is 0 Å². The second kappa shape index (κ2) is 8.01. The van der Waals surface area contributed by atoms with Gasteiger partial charge < -0.3 is 10.2 Å². The minimum Gasteiger partial charge on any atom is -0.340 e. The Morgan fingerprint density at radius 3 is 2.74 bits per heavy atom. The summed E-state index contributed by atoms with van der Waals surface area (Å²) in [6.45, 7) is 4.85. The lowest BCUT2D eigenvalue weighted by Gasteiger charge is -2.39. The van der Waals surface area contributed by atoms with Crippen LogP contribution in [0, 0.1) is 5.82 Å². The van der Waals surface area contributed by atoms with E-state index in [0.29, 0.717) is 24.3 Å². The van der Waals surface area contributed by atoms with E-state index >= 15 is 0 Å². The molecule has 0 saturated carbocycles. The van der Waals surface area contributed by atoms with Gasteiger partial charge in [-0.1, -0.05) is 18.2 Å². The van der Waals surface area contributed by atoms with Gasteiger partial charge in [0.1, 0.15) is 10.8 Å². The van der Waals surface area contributed by atoms with Gasteiger partial charge in [-0.3, -0.25) is 14.5 Å². The number of amides is 2. The summed E-state index contributed by atoms with van der Waals surface area (Å²) in [5, 5.41) is 3.76. The zero-order chi connectivity index (χ0) is 21.5. The highest BCUT2D eigenvalue weighted by Crippen LogP contribution is 2.35. The largest absolute Gasteiger partial charge is 0.340 e. The number of hydrogen-bond donors (Lipinski definition) is 1. The zero-order valence-electron chi connectivity index (χ0n) is 17.2. The summed E-state index contributed by atoms with van der Waals surface area (Å²) >= 11 is 1.71. The summed E-state index contributed by atoms with van der Waals surface area (Å²) in [6, 6.07) is 12.6. The monoisotopic (exact) mass is 438 g/mol. The number of halogens is 1. The van der Waals surface area contributed by atoms with Crippen LogP contribution in [-0.4, -0.2) is 52.8 Å². The van der Waals surface area contributed by atoms with E-state index in [2.05, 4.69) is 23.2 Å². The molecule has 1 saturated heterocycles. The summed E-state index contributed by atoms with van der Waals surface area (Å²) in [6.07, 6.45) is 0.0970. The highest BCUT2D eigenvalue weighted by molar-refractivity contribution is 7.18. The lowest BCUT2D eigenvalue weighted by molar-refractivity contribution is -0.136. The molecule has 0 unspecified atom stereocenters. The molecule has 160 valence electrons. The average molecular weight is 439 g/mol. The van der Waals surface area contributed by atoms with Crippen molar-refractivity contribution in [2.75, 3.05) is 31.5 Å². The summed E-state index contributed by atoms with van der Waals surface area (Å²) in [5.41, 5.74) is 2.11. The Hall–Kier alpha value is -2.84. The fraction of sp³-hybridized carbons (Fsp3) is 0.348. The lowest BCUT2D eigenvalue weighted by atomic mass is 9.89. The number of hydrogen-bond acceptors (Lipinski definition) is 5. The van der Waals surface area contributed by atoms with Crippen LogP contribution in [0.1, 0.15) is 35.9 Å². The lowest BCUT2D eigenvalue weighted by Crippen LogP contribution is -2.51. The molecule has 1 aromatic heterocycles. The third kappa shape index (κ3) is 3.81. The Labute approximate surface area is 183 Å². The molecule has 1 fully saturated rings. The minimum absolute atomic E-state index is 0.0602. The molecule has 2 aliphatic heterocycles. The fourth-order valence-electron chi connectivity index (χ4n) is 4.43. The van der Waals surface area contributed by atoms with Gasteiger partial charge in [0.15, 0.2) is 0 Å². The topological polar surface area (TPSA) is 65.5 Å². The Bertz CT molecular complexity index is 1120. The molecule has 6 nitrogen and oxygen atoms in total. The standard InChI is InChI=1S/C23H23FN4O2S/c1-14(22-26-18-4-2-3-5-20(18)31-22)27-8-10-28(11-9-27)23(30)17-13-21(29)25-19-12-15(24)6-7-16(17)19/h2-7,12,14,17H,8-11,13H2,1H3,(H,25,29)/t14-,17-/m1/s1. The number of rotatable bonds is 3. The van der Waals surface area contributed by atoms with Crippen molar-refractivity contribution >= 4 is 39.1 Å². The summed E-state index contributed by atoms with van der Waals surface area (Å²) in [4.78, 5) is 34.3. The number of para-hydroxylation sites is 1. The SMILES string of the molecule is C[C@H](c1nc2ccccc2s1)N1CCN(C(=O)[C@@H]2CC(=O)Nc3cc(F)ccc32)CC1. The number of carbonyl (C=O) groups excluding carboxylic acids is 2. The van der Waals surface area contributed by atoms with Crippen molar-refractivity contribution < 1.29 is 14.0 Å². The van der Waals surface area contributed by atoms with Crippen molar-refractivity contribution in [1.82, 2.24) is 14.8 Å². The van der Waals surface area contributed by atoms with Crippen molar-refractivity contribution in [3.63, 3.8) is 0 Å². The van der Waals surface area contributed by atoms with Gasteiger partial charge in [-0.25, -0.2) is 9.37 Å². The van der Waals surface area contributed by atoms with Crippen LogP contribution in [0.15, 0.2) is 42.5 Å². The van der Waals surface area contributed by atoms with Crippen LogP contribution in [-0.2, 0) is 9.59 Å². The first-order valence-electron chi connectivity index (χ1n) is 10.5. The zero-order valence-corrected chi connectivity index (χ0v) is 18.0. The van der Waals surface area contributed by atoms with E-state index in [1.165, 1.54) is 16.8 Å². The molecule has 2 atom stereocenters. The summed E-state index contributed by atoms with van der Waals surface area (Å²) < 4.78 is 14.8. The van der Waals surface area contributed by atoms with Gasteiger partial charge in [0.25, 0.3) is 0 Å². The Morgan fingerprint density at radius 2 is 1.97 bits per heavy atom. The first kappa shape index (κ1) is 20.1. The maximum atomic E-state index is 13.6. The molecule has 1 N–H and O–H groups in total. The molecule has 5 rings (SSSR count). The van der Waals surface area contributed by atoms with Gasteiger partial charge in [0, 0.05) is 38.3 Å². The highest BCUT2D eigenvalue weighted by atomic mass is 32.1. The molecule has 2 aliphatic rings. The van der Waals surface area contributed by atoms with Gasteiger partial charge in [-0.2, -0.15) is 0 Å². The minimum atomic E-state index is -0.558. The number of thiazole rings is 1. The van der Waals surface area contributed by atoms with E-state index in [1.807, 2.05) is 23.1 Å². The first-order chi connectivity index (χ1) is 15.0. The van der Waals surface area contributed by atoms with Crippen LogP contribution < -0.4 is 5.32 Å². The van der Waals surface area contributed by atoms with Crippen molar-refractivity contribution in [2.45, 2.75) is 25.3 Å². The van der Waals surface area contributed by atoms with Crippen molar-refractivity contribution in [3.05, 3.63) is 58.9 Å². The van der Waals surface area contributed by atoms with E-state index < -0.39 is 11.7 Å². The number of fused-ring (bicyclic) bond motifs is 2. The smallest absolute Gasteiger partial charge is 0.230 e. The molecule has 3 heterocycles. The predicted octanol–water partition coefficient (Wildman–Crippen LogP) is 3.77. The Kier molecular flexibility index (Phi) is 5.19. The Morgan fingerprint density at radius 1 is 1.19 bits per heavy atom. The number of benzene rings is 2. The molecular weight excluding hydrogens is 415 g/mol. The van der Waals surface area contributed by atoms with Crippen molar-refractivity contribution in [3.8, 4) is 0 Å². The van der Waals surface area contributed by atoms with Crippen LogP contribution in [0.4, 0.5) is 10.1 Å². The molecule has 0 spiro atoms. The normalized spacial score (nSPS) is 20.4. The van der Waals surface area contributed by atoms with E-state index in [9.17, 15) is 14.0 Å². The molecular formula is C23H23FN4O2S. The molecule has 31 heavy (non-hydrogen) atoms. The summed E-state index contributed by atoms with van der Waals surface area (Å²) in [7, 11) is 0. The van der Waals surface area contributed by atoms with Gasteiger partial charge in [0.2, 0.25) is 11.8 Å². The van der Waals surface area contributed by atoms with Gasteiger partial charge >= 0.3 is 0 Å². The Balaban J connectivity index is 1.27. The maximum absolute atomic E-state index is 13.6. The number of nitrogens with one attached hydrogen (secondary N) is 1. The third-order valence-corrected chi connectivity index (χ3v) is 7.40. The number of aromatic nitrogens is 1. The predicted molar refractivity (Wildman–Crippen MR) is 119 cm³/mol. The van der Waals surface area contributed by atoms with E-state index in [0.717, 1.165) is 23.6 Å². The van der Waals surface area contributed by atoms with Gasteiger partial charge in [0.05, 0.1) is 22.2 Å². The van der Waals surface area contributed by atoms with Crippen LogP contribution in [0.3, 0.4) is 0 Å². The van der Waals surface area contributed by atoms with Crippen molar-refractivity contribution in [2.24, 2.45) is 0 Å². The summed E-state index contributed by atoms with van der Waals surface area (Å²) in [5.74, 6) is -1.29. The quantitative estimate of drug-likeness (QED) is 0.676. The molecule has 8 heteroatoms. The number of piperazine rings is 1. The molecule has 0 radical (unpaired) electrons. The van der Waals surface area contributed by atoms with Crippen molar-refractivity contribution in [1.29, 1.82) is 0 Å². The second-order valence-corrected chi connectivity index (χ2v) is 9.16. The highest BCUT2D eigenvalue weighted by Gasteiger charge is 2.35. The fourth-order valence-corrected chi connectivity index (χ4v) is 5.49. The van der Waals surface area contributed by atoms with Gasteiger partial charge in [-0.05, 0) is 36.8 Å². The van der Waals surface area contributed by atoms with Gasteiger partial charge in [-0.15, -0.1) is 11.3 Å².